The van der Waals surface area contributed by atoms with Crippen molar-refractivity contribution in [2.75, 3.05) is 18.5 Å². The standard InChI is InChI=1S/C31H47N3O2/c1-4-28(34-22-8-6-7-21(17-22)18-32)27-10-9-25-23-12-16-31(33)19-30(35,20-36-5-2)15-13-26(31)24(23)11-14-29(25,27)3/h6-8,17,23-28,34-35H,4-5,9-16,19-20,33H2,1-3H3/t23?,24?,25?,26?,27?,28?,29?,30-,31?/m1/s1. The van der Waals surface area contributed by atoms with E-state index in [1.165, 1.54) is 32.1 Å². The van der Waals surface area contributed by atoms with Crippen molar-refractivity contribution in [1.29, 1.82) is 5.26 Å². The fourth-order valence-corrected chi connectivity index (χ4v) is 9.62. The van der Waals surface area contributed by atoms with Gasteiger partial charge in [0.15, 0.2) is 0 Å². The van der Waals surface area contributed by atoms with Gasteiger partial charge in [0.1, 0.15) is 0 Å². The molecule has 0 bridgehead atoms. The van der Waals surface area contributed by atoms with E-state index in [0.717, 1.165) is 48.8 Å². The molecule has 5 rings (SSSR count). The van der Waals surface area contributed by atoms with Gasteiger partial charge in [-0.05, 0) is 124 Å². The van der Waals surface area contributed by atoms with Gasteiger partial charge in [-0.25, -0.2) is 0 Å². The summed E-state index contributed by atoms with van der Waals surface area (Å²) in [7, 11) is 0. The molecule has 0 aliphatic heterocycles. The van der Waals surface area contributed by atoms with Crippen molar-refractivity contribution in [3.63, 3.8) is 0 Å². The molecule has 4 fully saturated rings. The summed E-state index contributed by atoms with van der Waals surface area (Å²) >= 11 is 0. The Bertz CT molecular complexity index is 977. The van der Waals surface area contributed by atoms with E-state index in [-0.39, 0.29) is 5.54 Å². The summed E-state index contributed by atoms with van der Waals surface area (Å²) in [6, 6.07) is 10.7. The van der Waals surface area contributed by atoms with Crippen LogP contribution in [0.4, 0.5) is 5.69 Å². The molecule has 36 heavy (non-hydrogen) atoms. The lowest BCUT2D eigenvalue weighted by atomic mass is 9.47. The van der Waals surface area contributed by atoms with Gasteiger partial charge in [0, 0.05) is 23.9 Å². The SMILES string of the molecule is CCOC[C@@]1(O)CCC2C3CCC4(C)C(C(CC)Nc5cccc(C#N)c5)CCC4C3CCC2(N)C1. The average molecular weight is 494 g/mol. The maximum absolute atomic E-state index is 11.2. The second-order valence-corrected chi connectivity index (χ2v) is 13.0. The van der Waals surface area contributed by atoms with Crippen LogP contribution in [-0.2, 0) is 4.74 Å². The Morgan fingerprint density at radius 3 is 2.64 bits per heavy atom. The number of nitrogens with two attached hydrogens (primary N) is 1. The van der Waals surface area contributed by atoms with E-state index in [4.69, 9.17) is 10.5 Å². The maximum Gasteiger partial charge on any atom is 0.0992 e. The molecular weight excluding hydrogens is 446 g/mol. The zero-order chi connectivity index (χ0) is 25.6. The largest absolute Gasteiger partial charge is 0.387 e. The Balaban J connectivity index is 1.31. The number of nitrogens with zero attached hydrogens (tertiary/aromatic N) is 1. The lowest BCUT2D eigenvalue weighted by molar-refractivity contribution is -0.137. The third-order valence-corrected chi connectivity index (χ3v) is 11.2. The molecular formula is C31H47N3O2. The first kappa shape index (κ1) is 26.0. The van der Waals surface area contributed by atoms with Crippen LogP contribution in [0.15, 0.2) is 24.3 Å². The second-order valence-electron chi connectivity index (χ2n) is 13.0. The molecule has 5 heteroatoms. The van der Waals surface area contributed by atoms with Crippen LogP contribution in [0.3, 0.4) is 0 Å². The predicted octanol–water partition coefficient (Wildman–Crippen LogP) is 5.87. The molecule has 0 heterocycles. The molecule has 1 aromatic rings. The first-order chi connectivity index (χ1) is 17.2. The Morgan fingerprint density at radius 1 is 1.11 bits per heavy atom. The fraction of sp³-hybridized carbons (Fsp3) is 0.774. The monoisotopic (exact) mass is 493 g/mol. The van der Waals surface area contributed by atoms with Crippen molar-refractivity contribution in [3.8, 4) is 6.07 Å². The van der Waals surface area contributed by atoms with Crippen LogP contribution in [0.5, 0.6) is 0 Å². The number of ether oxygens (including phenoxy) is 1. The fourth-order valence-electron chi connectivity index (χ4n) is 9.62. The molecule has 4 aliphatic carbocycles. The quantitative estimate of drug-likeness (QED) is 0.442. The van der Waals surface area contributed by atoms with Crippen molar-refractivity contribution in [3.05, 3.63) is 29.8 Å². The molecule has 8 unspecified atom stereocenters. The van der Waals surface area contributed by atoms with Crippen molar-refractivity contribution in [2.24, 2.45) is 40.7 Å². The van der Waals surface area contributed by atoms with Crippen LogP contribution in [0.25, 0.3) is 0 Å². The highest BCUT2D eigenvalue weighted by Crippen LogP contribution is 2.65. The molecule has 198 valence electrons. The molecule has 4 aliphatic rings. The van der Waals surface area contributed by atoms with Crippen molar-refractivity contribution in [2.45, 2.75) is 102 Å². The van der Waals surface area contributed by atoms with Crippen LogP contribution in [0, 0.1) is 46.3 Å². The van der Waals surface area contributed by atoms with Gasteiger partial charge in [0.2, 0.25) is 0 Å². The lowest BCUT2D eigenvalue weighted by Crippen LogP contribution is -2.64. The number of rotatable bonds is 7. The third kappa shape index (κ3) is 4.48. The van der Waals surface area contributed by atoms with Gasteiger partial charge < -0.3 is 20.9 Å². The Kier molecular flexibility index (Phi) is 7.18. The van der Waals surface area contributed by atoms with Crippen molar-refractivity contribution in [1.82, 2.24) is 0 Å². The maximum atomic E-state index is 11.2. The van der Waals surface area contributed by atoms with Crippen LogP contribution in [0.1, 0.15) is 90.5 Å². The molecule has 0 amide bonds. The minimum absolute atomic E-state index is 0.240. The second kappa shape index (κ2) is 9.93. The molecule has 0 spiro atoms. The highest BCUT2D eigenvalue weighted by molar-refractivity contribution is 5.50. The summed E-state index contributed by atoms with van der Waals surface area (Å²) in [5.41, 5.74) is 8.32. The molecule has 9 atom stereocenters. The summed E-state index contributed by atoms with van der Waals surface area (Å²) in [5, 5.41) is 24.4. The molecule has 4 N–H and O–H groups in total. The van der Waals surface area contributed by atoms with Gasteiger partial charge >= 0.3 is 0 Å². The predicted molar refractivity (Wildman–Crippen MR) is 144 cm³/mol. The minimum atomic E-state index is -0.751. The summed E-state index contributed by atoms with van der Waals surface area (Å²) in [6.45, 7) is 7.96. The normalized spacial score (nSPS) is 42.5. The van der Waals surface area contributed by atoms with E-state index in [9.17, 15) is 10.4 Å². The highest BCUT2D eigenvalue weighted by atomic mass is 16.5. The van der Waals surface area contributed by atoms with E-state index >= 15 is 0 Å². The van der Waals surface area contributed by atoms with Gasteiger partial charge in [-0.2, -0.15) is 5.26 Å². The number of hydrogen-bond acceptors (Lipinski definition) is 5. The summed E-state index contributed by atoms with van der Waals surface area (Å²) in [4.78, 5) is 0. The Morgan fingerprint density at radius 2 is 1.89 bits per heavy atom. The Hall–Kier alpha value is -1.61. The number of hydrogen-bond donors (Lipinski definition) is 3. The molecule has 0 radical (unpaired) electrons. The van der Waals surface area contributed by atoms with E-state index in [1.54, 1.807) is 0 Å². The minimum Gasteiger partial charge on any atom is -0.387 e. The molecule has 4 saturated carbocycles. The van der Waals surface area contributed by atoms with Gasteiger partial charge in [-0.1, -0.05) is 19.9 Å². The molecule has 1 aromatic carbocycles. The third-order valence-electron chi connectivity index (χ3n) is 11.2. The topological polar surface area (TPSA) is 91.3 Å². The molecule has 0 aromatic heterocycles. The summed E-state index contributed by atoms with van der Waals surface area (Å²) < 4.78 is 5.65. The number of nitrogens with one attached hydrogen (secondary N) is 1. The van der Waals surface area contributed by atoms with Crippen LogP contribution < -0.4 is 11.1 Å². The van der Waals surface area contributed by atoms with Crippen molar-refractivity contribution < 1.29 is 9.84 Å². The Labute approximate surface area is 218 Å². The summed E-state index contributed by atoms with van der Waals surface area (Å²) in [6.07, 6.45) is 11.1. The lowest BCUT2D eigenvalue weighted by Gasteiger charge is -2.61. The van der Waals surface area contributed by atoms with Gasteiger partial charge in [0.25, 0.3) is 0 Å². The molecule has 5 nitrogen and oxygen atoms in total. The number of anilines is 1. The number of nitriles is 1. The number of fused-ring (bicyclic) bond motifs is 5. The van der Waals surface area contributed by atoms with Gasteiger partial charge in [-0.15, -0.1) is 0 Å². The van der Waals surface area contributed by atoms with E-state index in [2.05, 4.69) is 31.3 Å². The molecule has 0 saturated heterocycles. The number of benzene rings is 1. The highest BCUT2D eigenvalue weighted by Gasteiger charge is 2.61. The van der Waals surface area contributed by atoms with Gasteiger partial charge in [-0.3, -0.25) is 0 Å². The smallest absolute Gasteiger partial charge is 0.0992 e. The zero-order valence-corrected chi connectivity index (χ0v) is 22.6. The van der Waals surface area contributed by atoms with Crippen molar-refractivity contribution >= 4 is 5.69 Å². The van der Waals surface area contributed by atoms with E-state index in [1.807, 2.05) is 25.1 Å². The van der Waals surface area contributed by atoms with Crippen LogP contribution in [0.2, 0.25) is 0 Å². The number of aliphatic hydroxyl groups is 1. The van der Waals surface area contributed by atoms with E-state index < -0.39 is 5.60 Å². The van der Waals surface area contributed by atoms with E-state index in [0.29, 0.717) is 48.8 Å². The first-order valence-electron chi connectivity index (χ1n) is 14.6. The van der Waals surface area contributed by atoms with Crippen LogP contribution in [-0.4, -0.2) is 35.5 Å². The average Bonchev–Trinajstić information content (AvgIpc) is 3.22. The zero-order valence-electron chi connectivity index (χ0n) is 22.6. The first-order valence-corrected chi connectivity index (χ1v) is 14.6. The van der Waals surface area contributed by atoms with Gasteiger partial charge in [0.05, 0.1) is 23.8 Å². The summed E-state index contributed by atoms with van der Waals surface area (Å²) in [5.74, 6) is 3.45. The van der Waals surface area contributed by atoms with Crippen LogP contribution >= 0.6 is 0 Å².